The van der Waals surface area contributed by atoms with E-state index in [0.717, 1.165) is 50.9 Å². The lowest BCUT2D eigenvalue weighted by Crippen LogP contribution is -2.68. The van der Waals surface area contributed by atoms with Crippen molar-refractivity contribution in [1.82, 2.24) is 10.2 Å². The van der Waals surface area contributed by atoms with Crippen LogP contribution in [0.4, 0.5) is 5.69 Å². The standard InChI is InChI=1S/C21H32N4O2/c1-21(2)18(17-8-13-27-19(17)21)23-20(22-3)25-11-9-24(10-12-25)15-6-5-7-16(14-15)26-4/h5-7,14,17-19H,8-13H2,1-4H3,(H,22,23). The van der Waals surface area contributed by atoms with E-state index in [1.54, 1.807) is 7.11 Å². The number of methoxy groups -OCH3 is 1. The van der Waals surface area contributed by atoms with Crippen LogP contribution in [0.25, 0.3) is 0 Å². The number of nitrogens with zero attached hydrogens (tertiary/aromatic N) is 3. The number of nitrogens with one attached hydrogen (secondary N) is 1. The van der Waals surface area contributed by atoms with Gasteiger partial charge in [0, 0.05) is 69.0 Å². The van der Waals surface area contributed by atoms with Gasteiger partial charge in [-0.25, -0.2) is 0 Å². The van der Waals surface area contributed by atoms with Gasteiger partial charge in [-0.15, -0.1) is 0 Å². The number of anilines is 1. The van der Waals surface area contributed by atoms with E-state index in [4.69, 9.17) is 9.47 Å². The molecule has 0 bridgehead atoms. The van der Waals surface area contributed by atoms with Crippen LogP contribution in [0.5, 0.6) is 5.75 Å². The minimum Gasteiger partial charge on any atom is -0.497 e. The van der Waals surface area contributed by atoms with Crippen LogP contribution in [0.3, 0.4) is 0 Å². The van der Waals surface area contributed by atoms with Gasteiger partial charge in [0.15, 0.2) is 5.96 Å². The van der Waals surface area contributed by atoms with Crippen LogP contribution >= 0.6 is 0 Å². The molecular weight excluding hydrogens is 340 g/mol. The van der Waals surface area contributed by atoms with Gasteiger partial charge in [0.05, 0.1) is 13.2 Å². The molecule has 3 unspecified atom stereocenters. The molecule has 1 saturated carbocycles. The number of rotatable bonds is 3. The fraction of sp³-hybridized carbons (Fsp3) is 0.667. The van der Waals surface area contributed by atoms with Crippen LogP contribution < -0.4 is 15.0 Å². The monoisotopic (exact) mass is 372 g/mol. The number of piperazine rings is 1. The van der Waals surface area contributed by atoms with Crippen molar-refractivity contribution in [1.29, 1.82) is 0 Å². The summed E-state index contributed by atoms with van der Waals surface area (Å²) in [6.07, 6.45) is 1.56. The average Bonchev–Trinajstić information content (AvgIpc) is 3.16. The second-order valence-electron chi connectivity index (χ2n) is 8.41. The predicted octanol–water partition coefficient (Wildman–Crippen LogP) is 2.21. The van der Waals surface area contributed by atoms with Gasteiger partial charge in [-0.3, -0.25) is 4.99 Å². The Hall–Kier alpha value is -1.95. The third-order valence-corrected chi connectivity index (χ3v) is 6.59. The Morgan fingerprint density at radius 3 is 2.74 bits per heavy atom. The highest BCUT2D eigenvalue weighted by atomic mass is 16.5. The molecule has 1 aliphatic carbocycles. The van der Waals surface area contributed by atoms with Crippen LogP contribution in [-0.2, 0) is 4.74 Å². The SMILES string of the molecule is CN=C(NC1C2CCOC2C1(C)C)N1CCN(c2cccc(OC)c2)CC1. The molecule has 3 atom stereocenters. The first-order chi connectivity index (χ1) is 13.0. The minimum atomic E-state index is 0.166. The second-order valence-corrected chi connectivity index (χ2v) is 8.41. The van der Waals surface area contributed by atoms with Crippen molar-refractivity contribution in [3.8, 4) is 5.75 Å². The largest absolute Gasteiger partial charge is 0.497 e. The fourth-order valence-corrected chi connectivity index (χ4v) is 5.04. The summed E-state index contributed by atoms with van der Waals surface area (Å²) in [5, 5.41) is 3.76. The maximum atomic E-state index is 5.93. The summed E-state index contributed by atoms with van der Waals surface area (Å²) in [5.41, 5.74) is 1.39. The highest BCUT2D eigenvalue weighted by molar-refractivity contribution is 5.81. The summed E-state index contributed by atoms with van der Waals surface area (Å²) >= 11 is 0. The van der Waals surface area contributed by atoms with E-state index >= 15 is 0 Å². The molecule has 6 nitrogen and oxygen atoms in total. The molecule has 3 aliphatic rings. The molecule has 6 heteroatoms. The molecule has 27 heavy (non-hydrogen) atoms. The van der Waals surface area contributed by atoms with Crippen LogP contribution in [-0.4, -0.2) is 69.9 Å². The van der Waals surface area contributed by atoms with Crippen molar-refractivity contribution in [2.75, 3.05) is 51.8 Å². The van der Waals surface area contributed by atoms with Gasteiger partial charge in [-0.2, -0.15) is 0 Å². The van der Waals surface area contributed by atoms with Crippen LogP contribution in [0.2, 0.25) is 0 Å². The van der Waals surface area contributed by atoms with Crippen molar-refractivity contribution in [2.45, 2.75) is 32.4 Å². The van der Waals surface area contributed by atoms with E-state index in [0.29, 0.717) is 18.1 Å². The number of hydrogen-bond donors (Lipinski definition) is 1. The Balaban J connectivity index is 1.37. The summed E-state index contributed by atoms with van der Waals surface area (Å²) < 4.78 is 11.3. The average molecular weight is 373 g/mol. The Bertz CT molecular complexity index is 697. The molecule has 4 rings (SSSR count). The van der Waals surface area contributed by atoms with Gasteiger partial charge >= 0.3 is 0 Å². The molecule has 2 aliphatic heterocycles. The highest BCUT2D eigenvalue weighted by Crippen LogP contribution is 2.52. The first-order valence-electron chi connectivity index (χ1n) is 10.0. The van der Waals surface area contributed by atoms with Crippen molar-refractivity contribution in [2.24, 2.45) is 16.3 Å². The zero-order valence-electron chi connectivity index (χ0n) is 16.9. The molecule has 1 aromatic rings. The number of fused-ring (bicyclic) bond motifs is 1. The number of guanidine groups is 1. The first kappa shape index (κ1) is 18.4. The van der Waals surface area contributed by atoms with Gasteiger partial charge < -0.3 is 24.6 Å². The van der Waals surface area contributed by atoms with Crippen LogP contribution in [0.1, 0.15) is 20.3 Å². The quantitative estimate of drug-likeness (QED) is 0.651. The van der Waals surface area contributed by atoms with E-state index in [1.165, 1.54) is 5.69 Å². The molecule has 1 N–H and O–H groups in total. The second kappa shape index (κ2) is 7.23. The molecule has 0 amide bonds. The van der Waals surface area contributed by atoms with Gasteiger partial charge in [0.1, 0.15) is 5.75 Å². The third-order valence-electron chi connectivity index (χ3n) is 6.59. The number of ether oxygens (including phenoxy) is 2. The lowest BCUT2D eigenvalue weighted by molar-refractivity contribution is -0.107. The normalized spacial score (nSPS) is 29.9. The highest BCUT2D eigenvalue weighted by Gasteiger charge is 2.59. The lowest BCUT2D eigenvalue weighted by atomic mass is 9.57. The molecule has 3 fully saturated rings. The summed E-state index contributed by atoms with van der Waals surface area (Å²) in [7, 11) is 3.61. The zero-order chi connectivity index (χ0) is 19.0. The van der Waals surface area contributed by atoms with Gasteiger partial charge in [0.2, 0.25) is 0 Å². The molecule has 0 aromatic heterocycles. The topological polar surface area (TPSA) is 49.3 Å². The molecule has 2 saturated heterocycles. The number of hydrogen-bond acceptors (Lipinski definition) is 4. The molecular formula is C21H32N4O2. The maximum absolute atomic E-state index is 5.93. The molecule has 0 radical (unpaired) electrons. The zero-order valence-corrected chi connectivity index (χ0v) is 16.9. The lowest BCUT2D eigenvalue weighted by Gasteiger charge is -2.55. The minimum absolute atomic E-state index is 0.166. The van der Waals surface area contributed by atoms with Crippen molar-refractivity contribution >= 4 is 11.6 Å². The Morgan fingerprint density at radius 1 is 1.26 bits per heavy atom. The predicted molar refractivity (Wildman–Crippen MR) is 109 cm³/mol. The smallest absolute Gasteiger partial charge is 0.194 e. The number of aliphatic imine (C=N–C) groups is 1. The Labute approximate surface area is 162 Å². The van der Waals surface area contributed by atoms with Crippen molar-refractivity contribution in [3.05, 3.63) is 24.3 Å². The Kier molecular flexibility index (Phi) is 4.93. The van der Waals surface area contributed by atoms with Crippen LogP contribution in [0.15, 0.2) is 29.3 Å². The Morgan fingerprint density at radius 2 is 2.04 bits per heavy atom. The van der Waals surface area contributed by atoms with Gasteiger partial charge in [-0.05, 0) is 18.6 Å². The summed E-state index contributed by atoms with van der Waals surface area (Å²) in [5.74, 6) is 2.56. The van der Waals surface area contributed by atoms with Crippen molar-refractivity contribution < 1.29 is 9.47 Å². The molecule has 0 spiro atoms. The first-order valence-corrected chi connectivity index (χ1v) is 10.0. The van der Waals surface area contributed by atoms with Crippen LogP contribution in [0, 0.1) is 11.3 Å². The third kappa shape index (κ3) is 3.24. The fourth-order valence-electron chi connectivity index (χ4n) is 5.04. The van der Waals surface area contributed by atoms with Gasteiger partial charge in [-0.1, -0.05) is 19.9 Å². The van der Waals surface area contributed by atoms with E-state index in [2.05, 4.69) is 52.2 Å². The van der Waals surface area contributed by atoms with E-state index in [1.807, 2.05) is 13.1 Å². The summed E-state index contributed by atoms with van der Waals surface area (Å²) in [6, 6.07) is 8.76. The number of benzene rings is 1. The van der Waals surface area contributed by atoms with Crippen molar-refractivity contribution in [3.63, 3.8) is 0 Å². The van der Waals surface area contributed by atoms with Gasteiger partial charge in [0.25, 0.3) is 0 Å². The van der Waals surface area contributed by atoms with E-state index < -0.39 is 0 Å². The molecule has 2 heterocycles. The molecule has 1 aromatic carbocycles. The van der Waals surface area contributed by atoms with E-state index in [9.17, 15) is 0 Å². The summed E-state index contributed by atoms with van der Waals surface area (Å²) in [6.45, 7) is 9.42. The maximum Gasteiger partial charge on any atom is 0.194 e. The van der Waals surface area contributed by atoms with E-state index in [-0.39, 0.29) is 5.41 Å². The summed E-state index contributed by atoms with van der Waals surface area (Å²) in [4.78, 5) is 9.39. The molecule has 148 valence electrons.